The van der Waals surface area contributed by atoms with Gasteiger partial charge in [-0.1, -0.05) is 35.9 Å². The van der Waals surface area contributed by atoms with Crippen LogP contribution in [0, 0.1) is 11.3 Å². The minimum absolute atomic E-state index is 0.332. The van der Waals surface area contributed by atoms with Gasteiger partial charge in [-0.15, -0.1) is 0 Å². The third-order valence-electron chi connectivity index (χ3n) is 3.33. The summed E-state index contributed by atoms with van der Waals surface area (Å²) in [6.07, 6.45) is 3.24. The fourth-order valence-corrected chi connectivity index (χ4v) is 2.27. The fourth-order valence-electron chi connectivity index (χ4n) is 2.15. The van der Waals surface area contributed by atoms with E-state index in [1.165, 1.54) is 6.08 Å². The second-order valence-electron chi connectivity index (χ2n) is 4.81. The Morgan fingerprint density at radius 2 is 1.91 bits per heavy atom. The largest absolute Gasteiger partial charge is 0.424 e. The number of ether oxygens (including phenoxy) is 1. The molecule has 0 amide bonds. The number of anilines is 1. The van der Waals surface area contributed by atoms with Gasteiger partial charge < -0.3 is 10.1 Å². The summed E-state index contributed by atoms with van der Waals surface area (Å²) in [6.45, 7) is 0. The van der Waals surface area contributed by atoms with Crippen molar-refractivity contribution in [2.75, 3.05) is 5.32 Å². The predicted molar refractivity (Wildman–Crippen MR) is 84.5 cm³/mol. The number of carbonyl (C=O) groups excluding carboxylic acids is 1. The molecule has 0 saturated carbocycles. The van der Waals surface area contributed by atoms with E-state index in [1.54, 1.807) is 36.4 Å². The number of hydrogen-bond donors (Lipinski definition) is 1. The van der Waals surface area contributed by atoms with Crippen molar-refractivity contribution in [1.29, 1.82) is 5.26 Å². The normalized spacial score (nSPS) is 18.7. The molecule has 1 N–H and O–H groups in total. The Kier molecular flexibility index (Phi) is 3.58. The molecule has 0 aromatic heterocycles. The summed E-state index contributed by atoms with van der Waals surface area (Å²) in [6, 6.07) is 15.8. The van der Waals surface area contributed by atoms with Crippen LogP contribution in [0.2, 0.25) is 5.02 Å². The standard InChI is InChI=1S/C17H11ClN2O2/c18-13-5-7-14(8-6-13)22-16(21)17(11-19)10-9-12-3-1-2-4-15(12)20-17/h1-10,20H. The van der Waals surface area contributed by atoms with Crippen LogP contribution >= 0.6 is 11.6 Å². The van der Waals surface area contributed by atoms with Crippen LogP contribution in [0.25, 0.3) is 6.08 Å². The Labute approximate surface area is 132 Å². The second kappa shape index (κ2) is 5.55. The molecule has 108 valence electrons. The number of nitrogens with zero attached hydrogens (tertiary/aromatic N) is 1. The first-order valence-corrected chi connectivity index (χ1v) is 6.96. The van der Waals surface area contributed by atoms with Gasteiger partial charge in [0, 0.05) is 10.7 Å². The van der Waals surface area contributed by atoms with Crippen LogP contribution in [0.4, 0.5) is 5.69 Å². The van der Waals surface area contributed by atoms with Crippen molar-refractivity contribution in [2.45, 2.75) is 5.54 Å². The molecule has 4 nitrogen and oxygen atoms in total. The lowest BCUT2D eigenvalue weighted by Gasteiger charge is -2.27. The summed E-state index contributed by atoms with van der Waals surface area (Å²) in [5, 5.41) is 13.0. The maximum absolute atomic E-state index is 12.4. The molecule has 0 aliphatic carbocycles. The number of esters is 1. The van der Waals surface area contributed by atoms with E-state index >= 15 is 0 Å². The van der Waals surface area contributed by atoms with E-state index in [4.69, 9.17) is 16.3 Å². The highest BCUT2D eigenvalue weighted by atomic mass is 35.5. The number of benzene rings is 2. The molecule has 0 fully saturated rings. The van der Waals surface area contributed by atoms with Gasteiger partial charge in [0.15, 0.2) is 0 Å². The first kappa shape index (κ1) is 14.2. The molecule has 1 unspecified atom stereocenters. The minimum Gasteiger partial charge on any atom is -0.424 e. The average molecular weight is 311 g/mol. The topological polar surface area (TPSA) is 62.1 Å². The van der Waals surface area contributed by atoms with E-state index in [0.717, 1.165) is 5.56 Å². The van der Waals surface area contributed by atoms with Crippen molar-refractivity contribution in [3.63, 3.8) is 0 Å². The number of rotatable bonds is 2. The van der Waals surface area contributed by atoms with Crippen LogP contribution in [-0.2, 0) is 4.79 Å². The Morgan fingerprint density at radius 3 is 2.64 bits per heavy atom. The van der Waals surface area contributed by atoms with Crippen molar-refractivity contribution in [3.8, 4) is 11.8 Å². The van der Waals surface area contributed by atoms with Crippen LogP contribution in [0.1, 0.15) is 5.56 Å². The van der Waals surface area contributed by atoms with Gasteiger partial charge in [-0.05, 0) is 42.0 Å². The molecule has 1 aliphatic rings. The van der Waals surface area contributed by atoms with Crippen molar-refractivity contribution >= 4 is 29.3 Å². The molecule has 1 atom stereocenters. The number of para-hydroxylation sites is 1. The highest BCUT2D eigenvalue weighted by molar-refractivity contribution is 6.30. The molecule has 22 heavy (non-hydrogen) atoms. The maximum Gasteiger partial charge on any atom is 0.356 e. The van der Waals surface area contributed by atoms with Gasteiger partial charge in [-0.2, -0.15) is 5.26 Å². The lowest BCUT2D eigenvalue weighted by molar-refractivity contribution is -0.136. The molecular weight excluding hydrogens is 300 g/mol. The first-order chi connectivity index (χ1) is 10.6. The van der Waals surface area contributed by atoms with Gasteiger partial charge in [-0.25, -0.2) is 4.79 Å². The lowest BCUT2D eigenvalue weighted by Crippen LogP contribution is -2.47. The summed E-state index contributed by atoms with van der Waals surface area (Å²) >= 11 is 5.79. The zero-order valence-electron chi connectivity index (χ0n) is 11.4. The van der Waals surface area contributed by atoms with Crippen LogP contribution in [-0.4, -0.2) is 11.5 Å². The molecule has 0 saturated heterocycles. The van der Waals surface area contributed by atoms with Crippen molar-refractivity contribution in [3.05, 3.63) is 65.2 Å². The Hall–Kier alpha value is -2.77. The number of halogens is 1. The number of nitriles is 1. The molecule has 0 radical (unpaired) electrons. The molecule has 1 aliphatic heterocycles. The van der Waals surface area contributed by atoms with Crippen molar-refractivity contribution in [1.82, 2.24) is 0 Å². The average Bonchev–Trinajstić information content (AvgIpc) is 2.56. The summed E-state index contributed by atoms with van der Waals surface area (Å²) in [7, 11) is 0. The minimum atomic E-state index is -1.55. The van der Waals surface area contributed by atoms with Gasteiger partial charge in [0.05, 0.1) is 0 Å². The Bertz CT molecular complexity index is 793. The molecule has 2 aromatic rings. The molecule has 0 spiro atoms. The van der Waals surface area contributed by atoms with E-state index in [0.29, 0.717) is 16.5 Å². The molecule has 2 aromatic carbocycles. The van der Waals surface area contributed by atoms with Crippen LogP contribution in [0.3, 0.4) is 0 Å². The molecule has 0 bridgehead atoms. The Balaban J connectivity index is 1.87. The van der Waals surface area contributed by atoms with E-state index in [2.05, 4.69) is 5.32 Å². The quantitative estimate of drug-likeness (QED) is 0.679. The number of carbonyl (C=O) groups is 1. The van der Waals surface area contributed by atoms with Crippen LogP contribution in [0.15, 0.2) is 54.6 Å². The zero-order valence-corrected chi connectivity index (χ0v) is 12.2. The van der Waals surface area contributed by atoms with Gasteiger partial charge in [-0.3, -0.25) is 0 Å². The monoisotopic (exact) mass is 310 g/mol. The summed E-state index contributed by atoms with van der Waals surface area (Å²) in [5.74, 6) is -0.360. The summed E-state index contributed by atoms with van der Waals surface area (Å²) < 4.78 is 5.28. The highest BCUT2D eigenvalue weighted by Crippen LogP contribution is 2.29. The fraction of sp³-hybridized carbons (Fsp3) is 0.0588. The van der Waals surface area contributed by atoms with E-state index in [-0.39, 0.29) is 0 Å². The summed E-state index contributed by atoms with van der Waals surface area (Å²) in [5.41, 5.74) is 0.0702. The number of fused-ring (bicyclic) bond motifs is 1. The zero-order chi connectivity index (χ0) is 15.6. The number of hydrogen-bond acceptors (Lipinski definition) is 4. The lowest BCUT2D eigenvalue weighted by atomic mass is 9.94. The Morgan fingerprint density at radius 1 is 1.18 bits per heavy atom. The van der Waals surface area contributed by atoms with Gasteiger partial charge >= 0.3 is 5.97 Å². The maximum atomic E-state index is 12.4. The SMILES string of the molecule is N#CC1(C(=O)Oc2ccc(Cl)cc2)C=Cc2ccccc2N1. The second-order valence-corrected chi connectivity index (χ2v) is 5.25. The van der Waals surface area contributed by atoms with Gasteiger partial charge in [0.1, 0.15) is 11.8 Å². The number of nitrogens with one attached hydrogen (secondary N) is 1. The van der Waals surface area contributed by atoms with Crippen LogP contribution in [0.5, 0.6) is 5.75 Å². The van der Waals surface area contributed by atoms with Gasteiger partial charge in [0.2, 0.25) is 5.54 Å². The smallest absolute Gasteiger partial charge is 0.356 e. The van der Waals surface area contributed by atoms with Crippen molar-refractivity contribution < 1.29 is 9.53 Å². The van der Waals surface area contributed by atoms with E-state index < -0.39 is 11.5 Å². The highest BCUT2D eigenvalue weighted by Gasteiger charge is 2.40. The first-order valence-electron chi connectivity index (χ1n) is 6.58. The van der Waals surface area contributed by atoms with E-state index in [1.807, 2.05) is 24.3 Å². The molecule has 1 heterocycles. The van der Waals surface area contributed by atoms with Crippen molar-refractivity contribution in [2.24, 2.45) is 0 Å². The molecule has 3 rings (SSSR count). The summed E-state index contributed by atoms with van der Waals surface area (Å²) in [4.78, 5) is 12.4. The molecular formula is C17H11ClN2O2. The predicted octanol–water partition coefficient (Wildman–Crippen LogP) is 3.65. The third-order valence-corrected chi connectivity index (χ3v) is 3.58. The van der Waals surface area contributed by atoms with Crippen LogP contribution < -0.4 is 10.1 Å². The van der Waals surface area contributed by atoms with E-state index in [9.17, 15) is 10.1 Å². The third kappa shape index (κ3) is 2.54. The van der Waals surface area contributed by atoms with Gasteiger partial charge in [0.25, 0.3) is 0 Å². The molecule has 5 heteroatoms.